The molecule has 0 aliphatic carbocycles. The van der Waals surface area contributed by atoms with E-state index in [1.54, 1.807) is 18.1 Å². The van der Waals surface area contributed by atoms with Crippen molar-refractivity contribution in [2.24, 2.45) is 0 Å². The number of aromatic nitrogens is 2. The molecule has 14 heavy (non-hydrogen) atoms. The van der Waals surface area contributed by atoms with E-state index in [1.165, 1.54) is 0 Å². The lowest BCUT2D eigenvalue weighted by molar-refractivity contribution is 1.21. The monoisotopic (exact) mass is 201 g/mol. The van der Waals surface area contributed by atoms with E-state index in [9.17, 15) is 0 Å². The van der Waals surface area contributed by atoms with Crippen LogP contribution in [0.5, 0.6) is 0 Å². The number of anilines is 1. The minimum absolute atomic E-state index is 0.892. The zero-order valence-corrected chi connectivity index (χ0v) is 8.08. The normalized spacial score (nSPS) is 12.6. The third kappa shape index (κ3) is 1.08. The Bertz CT molecular complexity index is 439. The molecule has 0 amide bonds. The van der Waals surface area contributed by atoms with Crippen molar-refractivity contribution >= 4 is 17.8 Å². The number of hydrogen-bond acceptors (Lipinski definition) is 4. The Morgan fingerprint density at radius 3 is 2.93 bits per heavy atom. The van der Waals surface area contributed by atoms with Crippen LogP contribution < -0.4 is 4.72 Å². The lowest BCUT2D eigenvalue weighted by Gasteiger charge is -2.17. The summed E-state index contributed by atoms with van der Waals surface area (Å²) in [7, 11) is 0. The number of fused-ring (bicyclic) bond motifs is 3. The molecule has 0 aromatic carbocycles. The molecule has 1 aliphatic rings. The molecule has 0 saturated carbocycles. The second kappa shape index (κ2) is 2.99. The standard InChI is InChI=1S/C10H7N3S/c1-3-7-9-8(4-2-5-11-9)14-13-10(7)12-6-1/h1-6H,(H,12,13). The predicted octanol–water partition coefficient (Wildman–Crippen LogP) is 2.58. The maximum atomic E-state index is 4.36. The molecule has 0 saturated heterocycles. The van der Waals surface area contributed by atoms with Gasteiger partial charge in [0.2, 0.25) is 0 Å². The third-order valence-electron chi connectivity index (χ3n) is 2.09. The second-order valence-electron chi connectivity index (χ2n) is 2.95. The van der Waals surface area contributed by atoms with Crippen LogP contribution in [0.2, 0.25) is 0 Å². The Morgan fingerprint density at radius 1 is 1.07 bits per heavy atom. The van der Waals surface area contributed by atoms with Gasteiger partial charge < -0.3 is 4.72 Å². The first kappa shape index (κ1) is 7.82. The molecule has 68 valence electrons. The van der Waals surface area contributed by atoms with Crippen LogP contribution >= 0.6 is 11.9 Å². The van der Waals surface area contributed by atoms with E-state index in [2.05, 4.69) is 20.8 Å². The van der Waals surface area contributed by atoms with Crippen molar-refractivity contribution in [3.05, 3.63) is 36.7 Å². The highest BCUT2D eigenvalue weighted by atomic mass is 32.2. The van der Waals surface area contributed by atoms with Gasteiger partial charge in [0.25, 0.3) is 0 Å². The van der Waals surface area contributed by atoms with Crippen LogP contribution in [0.1, 0.15) is 0 Å². The number of rotatable bonds is 0. The average Bonchev–Trinajstić information content (AvgIpc) is 2.29. The van der Waals surface area contributed by atoms with Crippen LogP contribution in [0.25, 0.3) is 11.3 Å². The van der Waals surface area contributed by atoms with Gasteiger partial charge in [0.05, 0.1) is 10.6 Å². The molecule has 3 heterocycles. The van der Waals surface area contributed by atoms with Crippen molar-refractivity contribution in [3.8, 4) is 11.3 Å². The average molecular weight is 201 g/mol. The predicted molar refractivity (Wildman–Crippen MR) is 56.9 cm³/mol. The van der Waals surface area contributed by atoms with Gasteiger partial charge in [-0.15, -0.1) is 0 Å². The van der Waals surface area contributed by atoms with Crippen LogP contribution in [-0.2, 0) is 0 Å². The van der Waals surface area contributed by atoms with Gasteiger partial charge >= 0.3 is 0 Å². The first-order valence-electron chi connectivity index (χ1n) is 4.28. The van der Waals surface area contributed by atoms with Crippen molar-refractivity contribution in [1.82, 2.24) is 9.97 Å². The maximum Gasteiger partial charge on any atom is 0.145 e. The molecule has 0 spiro atoms. The van der Waals surface area contributed by atoms with E-state index in [-0.39, 0.29) is 0 Å². The third-order valence-corrected chi connectivity index (χ3v) is 2.94. The summed E-state index contributed by atoms with van der Waals surface area (Å²) < 4.78 is 3.18. The first-order valence-corrected chi connectivity index (χ1v) is 5.10. The fourth-order valence-corrected chi connectivity index (χ4v) is 2.23. The molecule has 0 unspecified atom stereocenters. The maximum absolute atomic E-state index is 4.36. The highest BCUT2D eigenvalue weighted by Gasteiger charge is 2.16. The van der Waals surface area contributed by atoms with Crippen LogP contribution in [0.3, 0.4) is 0 Å². The summed E-state index contributed by atoms with van der Waals surface area (Å²) >= 11 is 1.56. The molecule has 0 radical (unpaired) electrons. The Hall–Kier alpha value is -1.55. The van der Waals surface area contributed by atoms with Gasteiger partial charge in [0.1, 0.15) is 5.82 Å². The zero-order chi connectivity index (χ0) is 9.38. The van der Waals surface area contributed by atoms with Crippen molar-refractivity contribution < 1.29 is 0 Å². The van der Waals surface area contributed by atoms with E-state index < -0.39 is 0 Å². The van der Waals surface area contributed by atoms with Crippen LogP contribution in [-0.4, -0.2) is 9.97 Å². The van der Waals surface area contributed by atoms with Gasteiger partial charge in [-0.2, -0.15) is 0 Å². The highest BCUT2D eigenvalue weighted by molar-refractivity contribution is 8.00. The molecule has 3 rings (SSSR count). The molecule has 1 N–H and O–H groups in total. The van der Waals surface area contributed by atoms with Gasteiger partial charge in [-0.25, -0.2) is 4.98 Å². The number of hydrogen-bond donors (Lipinski definition) is 1. The highest BCUT2D eigenvalue weighted by Crippen LogP contribution is 2.38. The summed E-state index contributed by atoms with van der Waals surface area (Å²) in [6, 6.07) is 7.95. The largest absolute Gasteiger partial charge is 0.310 e. The van der Waals surface area contributed by atoms with Crippen LogP contribution in [0.4, 0.5) is 5.82 Å². The van der Waals surface area contributed by atoms with Crippen LogP contribution in [0, 0.1) is 0 Å². The zero-order valence-electron chi connectivity index (χ0n) is 7.27. The number of nitrogens with zero attached hydrogens (tertiary/aromatic N) is 2. The molecule has 3 nitrogen and oxygen atoms in total. The summed E-state index contributed by atoms with van der Waals surface area (Å²) in [5.41, 5.74) is 2.08. The first-order chi connectivity index (χ1) is 6.95. The quantitative estimate of drug-likeness (QED) is 0.665. The number of pyridine rings is 2. The Balaban J connectivity index is 2.29. The lowest BCUT2D eigenvalue weighted by atomic mass is 10.1. The van der Waals surface area contributed by atoms with E-state index in [4.69, 9.17) is 0 Å². The topological polar surface area (TPSA) is 37.8 Å². The van der Waals surface area contributed by atoms with Crippen molar-refractivity contribution in [2.45, 2.75) is 4.90 Å². The fraction of sp³-hybridized carbons (Fsp3) is 0. The molecule has 2 aromatic heterocycles. The summed E-state index contributed by atoms with van der Waals surface area (Å²) in [5, 5.41) is 0. The Kier molecular flexibility index (Phi) is 1.67. The van der Waals surface area contributed by atoms with Crippen molar-refractivity contribution in [2.75, 3.05) is 4.72 Å². The summed E-state index contributed by atoms with van der Waals surface area (Å²) in [6.45, 7) is 0. The second-order valence-corrected chi connectivity index (χ2v) is 3.80. The van der Waals surface area contributed by atoms with Gasteiger partial charge in [0.15, 0.2) is 0 Å². The SMILES string of the molecule is c1cnc2c(c1)SNc1ncccc1-2. The Morgan fingerprint density at radius 2 is 1.93 bits per heavy atom. The smallest absolute Gasteiger partial charge is 0.145 e. The van der Waals surface area contributed by atoms with Crippen molar-refractivity contribution in [3.63, 3.8) is 0 Å². The van der Waals surface area contributed by atoms with E-state index >= 15 is 0 Å². The molecule has 4 heteroatoms. The molecular formula is C10H7N3S. The molecule has 0 bridgehead atoms. The van der Waals surface area contributed by atoms with Crippen LogP contribution in [0.15, 0.2) is 41.6 Å². The summed E-state index contributed by atoms with van der Waals surface area (Å²) in [4.78, 5) is 9.75. The van der Waals surface area contributed by atoms with Gasteiger partial charge in [-0.05, 0) is 36.2 Å². The molecule has 1 aliphatic heterocycles. The minimum Gasteiger partial charge on any atom is -0.310 e. The molecule has 2 aromatic rings. The molecule has 0 fully saturated rings. The fourth-order valence-electron chi connectivity index (χ4n) is 1.46. The molecular weight excluding hydrogens is 194 g/mol. The van der Waals surface area contributed by atoms with E-state index in [0.717, 1.165) is 22.0 Å². The lowest BCUT2D eigenvalue weighted by Crippen LogP contribution is -2.01. The van der Waals surface area contributed by atoms with Gasteiger partial charge in [0, 0.05) is 18.0 Å². The minimum atomic E-state index is 0.892. The summed E-state index contributed by atoms with van der Waals surface area (Å²) in [5.74, 6) is 0.892. The van der Waals surface area contributed by atoms with E-state index in [1.807, 2.05) is 24.4 Å². The Labute approximate surface area is 85.7 Å². The van der Waals surface area contributed by atoms with Crippen molar-refractivity contribution in [1.29, 1.82) is 0 Å². The summed E-state index contributed by atoms with van der Waals surface area (Å²) in [6.07, 6.45) is 3.59. The number of nitrogens with one attached hydrogen (secondary N) is 1. The van der Waals surface area contributed by atoms with Gasteiger partial charge in [-0.1, -0.05) is 0 Å². The molecule has 0 atom stereocenters. The van der Waals surface area contributed by atoms with Gasteiger partial charge in [-0.3, -0.25) is 4.98 Å². The van der Waals surface area contributed by atoms with E-state index in [0.29, 0.717) is 0 Å².